The molecular weight excluding hydrogens is 252 g/mol. The highest BCUT2D eigenvalue weighted by molar-refractivity contribution is 7.09. The highest BCUT2D eigenvalue weighted by atomic mass is 32.1. The van der Waals surface area contributed by atoms with Gasteiger partial charge in [-0.1, -0.05) is 32.3 Å². The molecule has 0 amide bonds. The Morgan fingerprint density at radius 2 is 2.16 bits per heavy atom. The van der Waals surface area contributed by atoms with Crippen molar-refractivity contribution in [2.75, 3.05) is 13.1 Å². The van der Waals surface area contributed by atoms with Crippen molar-refractivity contribution in [2.45, 2.75) is 64.6 Å². The van der Waals surface area contributed by atoms with Crippen molar-refractivity contribution >= 4 is 11.3 Å². The van der Waals surface area contributed by atoms with E-state index in [4.69, 9.17) is 0 Å². The molecule has 0 radical (unpaired) electrons. The quantitative estimate of drug-likeness (QED) is 0.815. The second-order valence-electron chi connectivity index (χ2n) is 5.68. The molecule has 1 aliphatic carbocycles. The van der Waals surface area contributed by atoms with Gasteiger partial charge in [0.15, 0.2) is 0 Å². The molecule has 0 aliphatic heterocycles. The van der Waals surface area contributed by atoms with Crippen LogP contribution in [0.5, 0.6) is 0 Å². The van der Waals surface area contributed by atoms with E-state index in [-0.39, 0.29) is 0 Å². The Morgan fingerprint density at radius 3 is 2.79 bits per heavy atom. The first kappa shape index (κ1) is 15.0. The molecule has 1 saturated carbocycles. The molecule has 1 unspecified atom stereocenters. The average molecular weight is 280 g/mol. The average Bonchev–Trinajstić information content (AvgIpc) is 2.94. The van der Waals surface area contributed by atoms with E-state index in [9.17, 15) is 0 Å². The van der Waals surface area contributed by atoms with Crippen molar-refractivity contribution in [1.29, 1.82) is 0 Å². The van der Waals surface area contributed by atoms with Crippen molar-refractivity contribution in [3.05, 3.63) is 22.4 Å². The minimum atomic E-state index is 0.646. The summed E-state index contributed by atoms with van der Waals surface area (Å²) >= 11 is 1.84. The summed E-state index contributed by atoms with van der Waals surface area (Å²) in [6.45, 7) is 7.99. The Kier molecular flexibility index (Phi) is 6.35. The molecule has 0 saturated heterocycles. The van der Waals surface area contributed by atoms with Crippen LogP contribution >= 0.6 is 11.3 Å². The van der Waals surface area contributed by atoms with E-state index < -0.39 is 0 Å². The maximum Gasteiger partial charge on any atom is 0.0300 e. The van der Waals surface area contributed by atoms with Crippen LogP contribution in [-0.4, -0.2) is 30.1 Å². The van der Waals surface area contributed by atoms with Crippen LogP contribution in [0.2, 0.25) is 0 Å². The molecule has 1 fully saturated rings. The lowest BCUT2D eigenvalue weighted by Gasteiger charge is -2.38. The monoisotopic (exact) mass is 280 g/mol. The number of nitrogens with zero attached hydrogens (tertiary/aromatic N) is 1. The third kappa shape index (κ3) is 4.59. The minimum Gasteiger partial charge on any atom is -0.310 e. The Morgan fingerprint density at radius 1 is 1.37 bits per heavy atom. The van der Waals surface area contributed by atoms with Gasteiger partial charge in [-0.25, -0.2) is 0 Å². The van der Waals surface area contributed by atoms with Gasteiger partial charge in [0.05, 0.1) is 0 Å². The van der Waals surface area contributed by atoms with Gasteiger partial charge in [0, 0.05) is 30.1 Å². The molecule has 1 aliphatic rings. The van der Waals surface area contributed by atoms with Crippen molar-refractivity contribution < 1.29 is 0 Å². The van der Waals surface area contributed by atoms with Gasteiger partial charge >= 0.3 is 0 Å². The van der Waals surface area contributed by atoms with Crippen molar-refractivity contribution in [1.82, 2.24) is 10.2 Å². The van der Waals surface area contributed by atoms with Gasteiger partial charge in [0.1, 0.15) is 0 Å². The smallest absolute Gasteiger partial charge is 0.0300 e. The van der Waals surface area contributed by atoms with Gasteiger partial charge in [-0.2, -0.15) is 0 Å². The first-order chi connectivity index (χ1) is 9.31. The zero-order valence-electron chi connectivity index (χ0n) is 12.4. The zero-order chi connectivity index (χ0) is 13.5. The van der Waals surface area contributed by atoms with Crippen molar-refractivity contribution in [3.8, 4) is 0 Å². The molecule has 3 heteroatoms. The molecule has 1 N–H and O–H groups in total. The molecule has 1 aromatic heterocycles. The lowest BCUT2D eigenvalue weighted by Crippen LogP contribution is -2.46. The lowest BCUT2D eigenvalue weighted by atomic mass is 9.93. The number of likely N-dealkylation sites (N-methyl/N-ethyl adjacent to an activating group) is 1. The van der Waals surface area contributed by atoms with E-state index >= 15 is 0 Å². The largest absolute Gasteiger partial charge is 0.310 e. The lowest BCUT2D eigenvalue weighted by molar-refractivity contribution is 0.118. The molecule has 0 aromatic carbocycles. The molecule has 1 atom stereocenters. The topological polar surface area (TPSA) is 15.3 Å². The summed E-state index contributed by atoms with van der Waals surface area (Å²) in [6.07, 6.45) is 7.11. The summed E-state index contributed by atoms with van der Waals surface area (Å²) < 4.78 is 0. The van der Waals surface area contributed by atoms with Gasteiger partial charge < -0.3 is 5.32 Å². The van der Waals surface area contributed by atoms with E-state index in [0.29, 0.717) is 6.04 Å². The van der Waals surface area contributed by atoms with E-state index in [1.165, 1.54) is 43.5 Å². The first-order valence-electron chi connectivity index (χ1n) is 7.80. The Balaban J connectivity index is 1.74. The molecule has 0 bridgehead atoms. The highest BCUT2D eigenvalue weighted by Crippen LogP contribution is 2.23. The molecule has 2 rings (SSSR count). The molecule has 2 nitrogen and oxygen atoms in total. The fourth-order valence-electron chi connectivity index (χ4n) is 3.28. The predicted octanol–water partition coefficient (Wildman–Crippen LogP) is 3.88. The third-order valence-corrected chi connectivity index (χ3v) is 5.17. The van der Waals surface area contributed by atoms with Crippen LogP contribution in [0.4, 0.5) is 0 Å². The van der Waals surface area contributed by atoms with E-state index in [2.05, 4.69) is 41.6 Å². The van der Waals surface area contributed by atoms with Gasteiger partial charge in [0.25, 0.3) is 0 Å². The number of rotatable bonds is 7. The first-order valence-corrected chi connectivity index (χ1v) is 8.68. The highest BCUT2D eigenvalue weighted by Gasteiger charge is 2.23. The SMILES string of the molecule is CCN(C(C)CNCc1cccs1)C1CCCCC1. The fourth-order valence-corrected chi connectivity index (χ4v) is 3.95. The maximum absolute atomic E-state index is 3.61. The van der Waals surface area contributed by atoms with Crippen molar-refractivity contribution in [2.24, 2.45) is 0 Å². The van der Waals surface area contributed by atoms with Crippen LogP contribution in [-0.2, 0) is 6.54 Å². The summed E-state index contributed by atoms with van der Waals surface area (Å²) in [6, 6.07) is 5.82. The maximum atomic E-state index is 3.61. The number of hydrogen-bond acceptors (Lipinski definition) is 3. The molecule has 0 spiro atoms. The Labute approximate surface area is 122 Å². The van der Waals surface area contributed by atoms with Crippen LogP contribution < -0.4 is 5.32 Å². The summed E-state index contributed by atoms with van der Waals surface area (Å²) in [5.41, 5.74) is 0. The zero-order valence-corrected chi connectivity index (χ0v) is 13.2. The van der Waals surface area contributed by atoms with Gasteiger partial charge in [-0.15, -0.1) is 11.3 Å². The van der Waals surface area contributed by atoms with Crippen molar-refractivity contribution in [3.63, 3.8) is 0 Å². The molecular formula is C16H28N2S. The minimum absolute atomic E-state index is 0.646. The second kappa shape index (κ2) is 8.03. The molecule has 19 heavy (non-hydrogen) atoms. The fraction of sp³-hybridized carbons (Fsp3) is 0.750. The van der Waals surface area contributed by atoms with E-state index in [1.54, 1.807) is 0 Å². The number of nitrogens with one attached hydrogen (secondary N) is 1. The van der Waals surface area contributed by atoms with Gasteiger partial charge in [0.2, 0.25) is 0 Å². The summed E-state index contributed by atoms with van der Waals surface area (Å²) in [5.74, 6) is 0. The van der Waals surface area contributed by atoms with Crippen LogP contribution in [0.3, 0.4) is 0 Å². The molecule has 1 heterocycles. The standard InChI is InChI=1S/C16H28N2S/c1-3-18(15-8-5-4-6-9-15)14(2)12-17-13-16-10-7-11-19-16/h7,10-11,14-15,17H,3-6,8-9,12-13H2,1-2H3. The van der Waals surface area contributed by atoms with Gasteiger partial charge in [-0.05, 0) is 37.8 Å². The predicted molar refractivity (Wildman–Crippen MR) is 84.7 cm³/mol. The summed E-state index contributed by atoms with van der Waals surface area (Å²) in [7, 11) is 0. The Bertz CT molecular complexity index is 331. The third-order valence-electron chi connectivity index (χ3n) is 4.29. The summed E-state index contributed by atoms with van der Waals surface area (Å²) in [5, 5.41) is 5.76. The van der Waals surface area contributed by atoms with Crippen LogP contribution in [0.1, 0.15) is 50.8 Å². The van der Waals surface area contributed by atoms with Gasteiger partial charge in [-0.3, -0.25) is 4.90 Å². The Hall–Kier alpha value is -0.380. The van der Waals surface area contributed by atoms with E-state index in [0.717, 1.165) is 19.1 Å². The normalized spacial score (nSPS) is 18.9. The van der Waals surface area contributed by atoms with Crippen LogP contribution in [0.15, 0.2) is 17.5 Å². The molecule has 108 valence electrons. The second-order valence-corrected chi connectivity index (χ2v) is 6.71. The molecule has 1 aromatic rings. The van der Waals surface area contributed by atoms with Crippen LogP contribution in [0, 0.1) is 0 Å². The van der Waals surface area contributed by atoms with Crippen LogP contribution in [0.25, 0.3) is 0 Å². The van der Waals surface area contributed by atoms with E-state index in [1.807, 2.05) is 11.3 Å². The summed E-state index contributed by atoms with van der Waals surface area (Å²) in [4.78, 5) is 4.15. The number of thiophene rings is 1. The number of hydrogen-bond donors (Lipinski definition) is 1.